The highest BCUT2D eigenvalue weighted by Crippen LogP contribution is 2.18. The first-order chi connectivity index (χ1) is 9.56. The van der Waals surface area contributed by atoms with Crippen LogP contribution in [0.1, 0.15) is 16.7 Å². The molecule has 104 valence electrons. The van der Waals surface area contributed by atoms with Gasteiger partial charge in [-0.2, -0.15) is 0 Å². The summed E-state index contributed by atoms with van der Waals surface area (Å²) in [4.78, 5) is 11.4. The van der Waals surface area contributed by atoms with Crippen molar-refractivity contribution in [3.8, 4) is 0 Å². The van der Waals surface area contributed by atoms with Gasteiger partial charge >= 0.3 is 5.97 Å². The zero-order chi connectivity index (χ0) is 14.5. The first kappa shape index (κ1) is 14.3. The number of halogens is 1. The average molecular weight is 272 g/mol. The summed E-state index contributed by atoms with van der Waals surface area (Å²) in [5.74, 6) is -1.72. The second-order valence-electron chi connectivity index (χ2n) is 5.00. The molecule has 0 aliphatic heterocycles. The molecule has 0 spiro atoms. The maximum absolute atomic E-state index is 13.2. The zero-order valence-electron chi connectivity index (χ0n) is 11.3. The lowest BCUT2D eigenvalue weighted by molar-refractivity contribution is -0.141. The van der Waals surface area contributed by atoms with E-state index < -0.39 is 11.9 Å². The molecule has 20 heavy (non-hydrogen) atoms. The highest BCUT2D eigenvalue weighted by atomic mass is 19.1. The van der Waals surface area contributed by atoms with E-state index in [1.807, 2.05) is 31.2 Å². The molecule has 0 fully saturated rings. The van der Waals surface area contributed by atoms with Crippen molar-refractivity contribution in [2.24, 2.45) is 5.92 Å². The molecular weight excluding hydrogens is 255 g/mol. The number of carboxylic acid groups (broad SMARTS) is 1. The van der Waals surface area contributed by atoms with Crippen molar-refractivity contribution in [1.29, 1.82) is 0 Å². The van der Waals surface area contributed by atoms with Crippen molar-refractivity contribution in [3.05, 3.63) is 71.0 Å². The van der Waals surface area contributed by atoms with Gasteiger partial charge in [0.1, 0.15) is 5.82 Å². The third kappa shape index (κ3) is 3.67. The zero-order valence-corrected chi connectivity index (χ0v) is 11.3. The first-order valence-electron chi connectivity index (χ1n) is 6.58. The largest absolute Gasteiger partial charge is 0.481 e. The van der Waals surface area contributed by atoms with Crippen LogP contribution in [0.15, 0.2) is 48.5 Å². The van der Waals surface area contributed by atoms with Gasteiger partial charge < -0.3 is 5.11 Å². The van der Waals surface area contributed by atoms with Gasteiger partial charge in [0.2, 0.25) is 0 Å². The molecular formula is C17H17FO2. The Hall–Kier alpha value is -2.16. The van der Waals surface area contributed by atoms with Gasteiger partial charge in [0, 0.05) is 0 Å². The Balaban J connectivity index is 2.16. The van der Waals surface area contributed by atoms with Gasteiger partial charge in [0.25, 0.3) is 0 Å². The molecule has 2 aromatic rings. The van der Waals surface area contributed by atoms with E-state index in [4.69, 9.17) is 0 Å². The molecule has 0 aliphatic rings. The summed E-state index contributed by atoms with van der Waals surface area (Å²) in [5, 5.41) is 9.36. The fourth-order valence-electron chi connectivity index (χ4n) is 2.30. The summed E-state index contributed by atoms with van der Waals surface area (Å²) >= 11 is 0. The van der Waals surface area contributed by atoms with Crippen molar-refractivity contribution in [2.45, 2.75) is 19.8 Å². The summed E-state index contributed by atoms with van der Waals surface area (Å²) < 4.78 is 13.2. The number of carbonyl (C=O) groups is 1. The van der Waals surface area contributed by atoms with E-state index in [-0.39, 0.29) is 5.82 Å². The average Bonchev–Trinajstić information content (AvgIpc) is 2.40. The van der Waals surface area contributed by atoms with E-state index in [0.29, 0.717) is 18.4 Å². The molecule has 2 nitrogen and oxygen atoms in total. The Morgan fingerprint density at radius 1 is 1.15 bits per heavy atom. The normalized spacial score (nSPS) is 12.1. The molecule has 2 aromatic carbocycles. The second kappa shape index (κ2) is 6.33. The van der Waals surface area contributed by atoms with E-state index in [1.165, 1.54) is 12.1 Å². The molecule has 0 aliphatic carbocycles. The molecule has 0 amide bonds. The summed E-state index contributed by atoms with van der Waals surface area (Å²) in [7, 11) is 0. The number of hydrogen-bond donors (Lipinski definition) is 1. The lowest BCUT2D eigenvalue weighted by Crippen LogP contribution is -2.19. The van der Waals surface area contributed by atoms with Crippen LogP contribution in [0.5, 0.6) is 0 Å². The highest BCUT2D eigenvalue weighted by Gasteiger charge is 2.19. The van der Waals surface area contributed by atoms with Crippen molar-refractivity contribution in [3.63, 3.8) is 0 Å². The van der Waals surface area contributed by atoms with Crippen molar-refractivity contribution in [1.82, 2.24) is 0 Å². The summed E-state index contributed by atoms with van der Waals surface area (Å²) in [6.07, 6.45) is 0.792. The predicted molar refractivity (Wildman–Crippen MR) is 76.1 cm³/mol. The smallest absolute Gasteiger partial charge is 0.307 e. The topological polar surface area (TPSA) is 37.3 Å². The molecule has 1 atom stereocenters. The second-order valence-corrected chi connectivity index (χ2v) is 5.00. The summed E-state index contributed by atoms with van der Waals surface area (Å²) in [6.45, 7) is 1.97. The Kier molecular flexibility index (Phi) is 4.51. The third-order valence-electron chi connectivity index (χ3n) is 3.45. The highest BCUT2D eigenvalue weighted by molar-refractivity contribution is 5.71. The fraction of sp³-hybridized carbons (Fsp3) is 0.235. The molecule has 2 rings (SSSR count). The lowest BCUT2D eigenvalue weighted by Gasteiger charge is -2.14. The number of rotatable bonds is 5. The van der Waals surface area contributed by atoms with E-state index in [2.05, 4.69) is 0 Å². The SMILES string of the molecule is Cc1ccccc1CC(Cc1cccc(F)c1)C(=O)O. The van der Waals surface area contributed by atoms with Gasteiger partial charge in [0.05, 0.1) is 5.92 Å². The van der Waals surface area contributed by atoms with Crippen LogP contribution in [0.3, 0.4) is 0 Å². The van der Waals surface area contributed by atoms with Gasteiger partial charge in [-0.05, 0) is 48.6 Å². The molecule has 1 N–H and O–H groups in total. The van der Waals surface area contributed by atoms with Crippen LogP contribution >= 0.6 is 0 Å². The van der Waals surface area contributed by atoms with Gasteiger partial charge in [-0.3, -0.25) is 4.79 Å². The van der Waals surface area contributed by atoms with Gasteiger partial charge in [-0.1, -0.05) is 36.4 Å². The Bertz CT molecular complexity index is 607. The number of benzene rings is 2. The molecule has 0 aromatic heterocycles. The van der Waals surface area contributed by atoms with Crippen LogP contribution in [-0.4, -0.2) is 11.1 Å². The van der Waals surface area contributed by atoms with Crippen LogP contribution in [0.4, 0.5) is 4.39 Å². The van der Waals surface area contributed by atoms with E-state index in [9.17, 15) is 14.3 Å². The minimum atomic E-state index is -0.850. The van der Waals surface area contributed by atoms with E-state index in [0.717, 1.165) is 11.1 Å². The standard InChI is InChI=1S/C17H17FO2/c1-12-5-2-3-7-14(12)11-15(17(19)20)9-13-6-4-8-16(18)10-13/h2-8,10,15H,9,11H2,1H3,(H,19,20). The van der Waals surface area contributed by atoms with Crippen LogP contribution in [0, 0.1) is 18.7 Å². The Labute approximate surface area is 117 Å². The van der Waals surface area contributed by atoms with Gasteiger partial charge in [-0.25, -0.2) is 4.39 Å². The third-order valence-corrected chi connectivity index (χ3v) is 3.45. The van der Waals surface area contributed by atoms with Gasteiger partial charge in [-0.15, -0.1) is 0 Å². The molecule has 0 heterocycles. The van der Waals surface area contributed by atoms with Gasteiger partial charge in [0.15, 0.2) is 0 Å². The Morgan fingerprint density at radius 3 is 2.55 bits per heavy atom. The number of aryl methyl sites for hydroxylation is 1. The summed E-state index contributed by atoms with van der Waals surface area (Å²) in [6, 6.07) is 13.9. The van der Waals surface area contributed by atoms with Crippen LogP contribution in [0.25, 0.3) is 0 Å². The number of aliphatic carboxylic acids is 1. The lowest BCUT2D eigenvalue weighted by atomic mass is 9.91. The quantitative estimate of drug-likeness (QED) is 0.902. The fourth-order valence-corrected chi connectivity index (χ4v) is 2.30. The van der Waals surface area contributed by atoms with Crippen LogP contribution < -0.4 is 0 Å². The number of carboxylic acids is 1. The predicted octanol–water partition coefficient (Wildman–Crippen LogP) is 3.62. The maximum atomic E-state index is 13.2. The molecule has 3 heteroatoms. The molecule has 1 unspecified atom stereocenters. The molecule has 0 saturated carbocycles. The molecule has 0 saturated heterocycles. The maximum Gasteiger partial charge on any atom is 0.307 e. The molecule has 0 radical (unpaired) electrons. The van der Waals surface area contributed by atoms with E-state index >= 15 is 0 Å². The van der Waals surface area contributed by atoms with E-state index in [1.54, 1.807) is 12.1 Å². The van der Waals surface area contributed by atoms with Crippen molar-refractivity contribution in [2.75, 3.05) is 0 Å². The van der Waals surface area contributed by atoms with Crippen molar-refractivity contribution >= 4 is 5.97 Å². The minimum Gasteiger partial charge on any atom is -0.481 e. The Morgan fingerprint density at radius 2 is 1.90 bits per heavy atom. The van der Waals surface area contributed by atoms with Crippen LogP contribution in [-0.2, 0) is 17.6 Å². The number of hydrogen-bond acceptors (Lipinski definition) is 1. The minimum absolute atomic E-state index is 0.331. The molecule has 0 bridgehead atoms. The van der Waals surface area contributed by atoms with Crippen LogP contribution in [0.2, 0.25) is 0 Å². The van der Waals surface area contributed by atoms with Crippen molar-refractivity contribution < 1.29 is 14.3 Å². The monoisotopic (exact) mass is 272 g/mol. The first-order valence-corrected chi connectivity index (χ1v) is 6.58. The summed E-state index contributed by atoms with van der Waals surface area (Å²) in [5.41, 5.74) is 2.82.